The Morgan fingerprint density at radius 2 is 2.24 bits per heavy atom. The van der Waals surface area contributed by atoms with Crippen molar-refractivity contribution < 1.29 is 9.59 Å². The maximum absolute atomic E-state index is 12.7. The lowest BCUT2D eigenvalue weighted by atomic mass is 10.1. The fourth-order valence-electron chi connectivity index (χ4n) is 3.52. The quantitative estimate of drug-likeness (QED) is 0.855. The van der Waals surface area contributed by atoms with E-state index in [9.17, 15) is 9.59 Å². The molecule has 2 aromatic rings. The number of likely N-dealkylation sites (tertiary alicyclic amines) is 1. The highest BCUT2D eigenvalue weighted by Crippen LogP contribution is 2.28. The zero-order chi connectivity index (χ0) is 18.3. The molecular formula is C17H25N5O2S. The molecule has 1 saturated heterocycles. The summed E-state index contributed by atoms with van der Waals surface area (Å²) in [5.41, 5.74) is 6.63. The van der Waals surface area contributed by atoms with Gasteiger partial charge in [0.25, 0.3) is 5.91 Å². The number of hydrogen-bond donors (Lipinski definition) is 2. The molecule has 136 valence electrons. The van der Waals surface area contributed by atoms with Crippen molar-refractivity contribution in [1.82, 2.24) is 20.0 Å². The molecule has 3 rings (SSSR count). The fourth-order valence-corrected chi connectivity index (χ4v) is 4.54. The third kappa shape index (κ3) is 3.28. The summed E-state index contributed by atoms with van der Waals surface area (Å²) in [7, 11) is 1.86. The second-order valence-electron chi connectivity index (χ2n) is 6.91. The van der Waals surface area contributed by atoms with Crippen molar-refractivity contribution in [3.05, 3.63) is 16.6 Å². The number of aryl methyl sites for hydroxylation is 2. The Morgan fingerprint density at radius 1 is 1.52 bits per heavy atom. The van der Waals surface area contributed by atoms with Gasteiger partial charge in [0.1, 0.15) is 10.9 Å². The SMILES string of the molecule is Cc1nn(C)c2sc(C(=O)NC(C)C(=O)N3CC(CN)CC3C)cc12. The van der Waals surface area contributed by atoms with Gasteiger partial charge in [-0.3, -0.25) is 14.3 Å². The van der Waals surface area contributed by atoms with Gasteiger partial charge < -0.3 is 16.0 Å². The van der Waals surface area contributed by atoms with Crippen LogP contribution in [0.25, 0.3) is 10.2 Å². The van der Waals surface area contributed by atoms with Gasteiger partial charge in [-0.05, 0) is 45.7 Å². The van der Waals surface area contributed by atoms with E-state index in [2.05, 4.69) is 10.4 Å². The van der Waals surface area contributed by atoms with Crippen molar-refractivity contribution in [3.8, 4) is 0 Å². The van der Waals surface area contributed by atoms with Crippen molar-refractivity contribution >= 4 is 33.4 Å². The number of hydrogen-bond acceptors (Lipinski definition) is 5. The Hall–Kier alpha value is -1.93. The lowest BCUT2D eigenvalue weighted by molar-refractivity contribution is -0.133. The second-order valence-corrected chi connectivity index (χ2v) is 7.94. The van der Waals surface area contributed by atoms with Crippen molar-refractivity contribution in [3.63, 3.8) is 0 Å². The number of nitrogens with one attached hydrogen (secondary N) is 1. The van der Waals surface area contributed by atoms with Gasteiger partial charge >= 0.3 is 0 Å². The van der Waals surface area contributed by atoms with Crippen LogP contribution in [0.4, 0.5) is 0 Å². The minimum Gasteiger partial charge on any atom is -0.340 e. The highest BCUT2D eigenvalue weighted by Gasteiger charge is 2.34. The molecule has 3 N–H and O–H groups in total. The van der Waals surface area contributed by atoms with Gasteiger partial charge in [0.05, 0.1) is 10.6 Å². The van der Waals surface area contributed by atoms with Gasteiger partial charge in [0, 0.05) is 25.0 Å². The molecule has 1 aliphatic heterocycles. The van der Waals surface area contributed by atoms with E-state index in [4.69, 9.17) is 5.73 Å². The predicted octanol–water partition coefficient (Wildman–Crippen LogP) is 1.26. The summed E-state index contributed by atoms with van der Waals surface area (Å²) >= 11 is 1.39. The summed E-state index contributed by atoms with van der Waals surface area (Å²) in [4.78, 5) is 28.6. The normalized spacial score (nSPS) is 21.7. The number of nitrogens with two attached hydrogens (primary N) is 1. The lowest BCUT2D eigenvalue weighted by Crippen LogP contribution is -2.48. The summed E-state index contributed by atoms with van der Waals surface area (Å²) in [5, 5.41) is 8.16. The van der Waals surface area contributed by atoms with E-state index in [0.29, 0.717) is 23.9 Å². The fraction of sp³-hybridized carbons (Fsp3) is 0.588. The number of amides is 2. The number of nitrogens with zero attached hydrogens (tertiary/aromatic N) is 3. The van der Waals surface area contributed by atoms with Crippen LogP contribution in [0.3, 0.4) is 0 Å². The first-order valence-corrected chi connectivity index (χ1v) is 9.38. The molecule has 0 radical (unpaired) electrons. The van der Waals surface area contributed by atoms with Gasteiger partial charge in [-0.1, -0.05) is 0 Å². The Balaban J connectivity index is 1.69. The predicted molar refractivity (Wildman–Crippen MR) is 98.6 cm³/mol. The van der Waals surface area contributed by atoms with E-state index in [1.54, 1.807) is 11.6 Å². The lowest BCUT2D eigenvalue weighted by Gasteiger charge is -2.25. The van der Waals surface area contributed by atoms with Crippen molar-refractivity contribution in [1.29, 1.82) is 0 Å². The molecule has 8 heteroatoms. The Labute approximate surface area is 151 Å². The van der Waals surface area contributed by atoms with Crippen molar-refractivity contribution in [2.75, 3.05) is 13.1 Å². The number of rotatable bonds is 4. The highest BCUT2D eigenvalue weighted by atomic mass is 32.1. The Morgan fingerprint density at radius 3 is 2.84 bits per heavy atom. The smallest absolute Gasteiger partial charge is 0.262 e. The first-order chi connectivity index (χ1) is 11.8. The minimum absolute atomic E-state index is 0.0456. The highest BCUT2D eigenvalue weighted by molar-refractivity contribution is 7.20. The number of aromatic nitrogens is 2. The average Bonchev–Trinajstić information content (AvgIpc) is 3.23. The molecule has 0 saturated carbocycles. The van der Waals surface area contributed by atoms with Crippen LogP contribution in [0.2, 0.25) is 0 Å². The molecule has 0 aliphatic carbocycles. The zero-order valence-corrected chi connectivity index (χ0v) is 15.9. The van der Waals surface area contributed by atoms with Gasteiger partial charge in [0.15, 0.2) is 0 Å². The topological polar surface area (TPSA) is 93.2 Å². The molecule has 0 aromatic carbocycles. The molecule has 0 bridgehead atoms. The molecule has 0 spiro atoms. The first-order valence-electron chi connectivity index (χ1n) is 8.56. The first kappa shape index (κ1) is 17.9. The van der Waals surface area contributed by atoms with Gasteiger partial charge in [0.2, 0.25) is 5.91 Å². The summed E-state index contributed by atoms with van der Waals surface area (Å²) in [5.74, 6) is 0.0827. The van der Waals surface area contributed by atoms with E-state index in [1.165, 1.54) is 11.3 Å². The van der Waals surface area contributed by atoms with Crippen LogP contribution < -0.4 is 11.1 Å². The third-order valence-corrected chi connectivity index (χ3v) is 6.12. The molecule has 25 heavy (non-hydrogen) atoms. The van der Waals surface area contributed by atoms with Crippen LogP contribution in [-0.2, 0) is 11.8 Å². The van der Waals surface area contributed by atoms with Crippen LogP contribution >= 0.6 is 11.3 Å². The number of carbonyl (C=O) groups excluding carboxylic acids is 2. The summed E-state index contributed by atoms with van der Waals surface area (Å²) in [6, 6.07) is 1.45. The molecule has 3 unspecified atom stereocenters. The number of thiophene rings is 1. The third-order valence-electron chi connectivity index (χ3n) is 4.92. The standard InChI is InChI=1S/C17H25N5O2S/c1-9-5-12(7-18)8-22(9)16(24)11(3)19-15(23)14-6-13-10(2)20-21(4)17(13)25-14/h6,9,11-12H,5,7-8,18H2,1-4H3,(H,19,23). The van der Waals surface area contributed by atoms with Crippen LogP contribution in [0.5, 0.6) is 0 Å². The maximum atomic E-state index is 12.7. The number of fused-ring (bicyclic) bond motifs is 1. The summed E-state index contributed by atoms with van der Waals surface area (Å²) in [6.45, 7) is 6.95. The second kappa shape index (κ2) is 6.76. The molecule has 1 fully saturated rings. The summed E-state index contributed by atoms with van der Waals surface area (Å²) in [6.07, 6.45) is 0.922. The maximum Gasteiger partial charge on any atom is 0.262 e. The summed E-state index contributed by atoms with van der Waals surface area (Å²) < 4.78 is 1.78. The van der Waals surface area contributed by atoms with Crippen LogP contribution in [0.15, 0.2) is 6.07 Å². The van der Waals surface area contributed by atoms with Gasteiger partial charge in [-0.15, -0.1) is 11.3 Å². The molecule has 7 nitrogen and oxygen atoms in total. The molecule has 2 amide bonds. The van der Waals surface area contributed by atoms with E-state index >= 15 is 0 Å². The van der Waals surface area contributed by atoms with Crippen LogP contribution in [-0.4, -0.2) is 51.7 Å². The Bertz CT molecular complexity index is 777. The van der Waals surface area contributed by atoms with Gasteiger partial charge in [-0.25, -0.2) is 0 Å². The van der Waals surface area contributed by atoms with Crippen LogP contribution in [0, 0.1) is 12.8 Å². The van der Waals surface area contributed by atoms with Crippen molar-refractivity contribution in [2.45, 2.75) is 39.3 Å². The molecular weight excluding hydrogens is 338 g/mol. The molecule has 2 aromatic heterocycles. The van der Waals surface area contributed by atoms with E-state index in [0.717, 1.165) is 22.3 Å². The average molecular weight is 363 g/mol. The van der Waals surface area contributed by atoms with E-state index < -0.39 is 6.04 Å². The molecule has 1 aliphatic rings. The zero-order valence-electron chi connectivity index (χ0n) is 15.1. The van der Waals surface area contributed by atoms with E-state index in [-0.39, 0.29) is 17.9 Å². The monoisotopic (exact) mass is 363 g/mol. The molecule has 3 heterocycles. The van der Waals surface area contributed by atoms with Crippen molar-refractivity contribution in [2.24, 2.45) is 18.7 Å². The van der Waals surface area contributed by atoms with E-state index in [1.807, 2.05) is 31.9 Å². The molecule has 3 atom stereocenters. The Kier molecular flexibility index (Phi) is 4.83. The minimum atomic E-state index is -0.559. The van der Waals surface area contributed by atoms with Gasteiger partial charge in [-0.2, -0.15) is 5.10 Å². The van der Waals surface area contributed by atoms with Crippen LogP contribution in [0.1, 0.15) is 35.6 Å². The largest absolute Gasteiger partial charge is 0.340 e. The number of carbonyl (C=O) groups is 2.